The van der Waals surface area contributed by atoms with Crippen LogP contribution in [-0.4, -0.2) is 24.0 Å². The van der Waals surface area contributed by atoms with Gasteiger partial charge in [-0.1, -0.05) is 17.7 Å². The van der Waals surface area contributed by atoms with Gasteiger partial charge in [0.05, 0.1) is 16.8 Å². The summed E-state index contributed by atoms with van der Waals surface area (Å²) in [6.07, 6.45) is 2.79. The maximum atomic E-state index is 13.9. The van der Waals surface area contributed by atoms with E-state index in [0.717, 1.165) is 11.3 Å². The van der Waals surface area contributed by atoms with Crippen molar-refractivity contribution in [2.45, 2.75) is 19.8 Å². The van der Waals surface area contributed by atoms with Crippen molar-refractivity contribution in [1.82, 2.24) is 4.98 Å². The molecule has 1 aromatic heterocycles. The Balaban J connectivity index is 1.52. The third-order valence-electron chi connectivity index (χ3n) is 5.63. The van der Waals surface area contributed by atoms with Gasteiger partial charge in [0.1, 0.15) is 11.9 Å². The molecule has 7 heteroatoms. The van der Waals surface area contributed by atoms with Gasteiger partial charge in [0.2, 0.25) is 5.91 Å². The number of benzene rings is 2. The van der Waals surface area contributed by atoms with Crippen LogP contribution in [-0.2, 0) is 4.79 Å². The van der Waals surface area contributed by atoms with Gasteiger partial charge >= 0.3 is 0 Å². The van der Waals surface area contributed by atoms with Gasteiger partial charge in [-0.05, 0) is 55.7 Å². The van der Waals surface area contributed by atoms with E-state index in [2.05, 4.69) is 21.3 Å². The molecule has 1 aliphatic heterocycles. The fourth-order valence-electron chi connectivity index (χ4n) is 3.92. The molecule has 0 aliphatic carbocycles. The molecule has 2 heterocycles. The molecule has 30 heavy (non-hydrogen) atoms. The third kappa shape index (κ3) is 3.81. The largest absolute Gasteiger partial charge is 0.370 e. The number of nitrogens with one attached hydrogen (secondary N) is 1. The second kappa shape index (κ2) is 8.29. The van der Waals surface area contributed by atoms with Crippen molar-refractivity contribution < 1.29 is 9.18 Å². The fraction of sp³-hybridized carbons (Fsp3) is 0.261. The van der Waals surface area contributed by atoms with Gasteiger partial charge in [-0.25, -0.2) is 4.39 Å². The Kier molecular flexibility index (Phi) is 5.56. The Morgan fingerprint density at radius 3 is 2.80 bits per heavy atom. The molecule has 0 atom stereocenters. The van der Waals surface area contributed by atoms with Crippen LogP contribution in [0.5, 0.6) is 0 Å². The summed E-state index contributed by atoms with van der Waals surface area (Å²) in [4.78, 5) is 19.1. The first-order valence-electron chi connectivity index (χ1n) is 9.77. The maximum absolute atomic E-state index is 13.9. The molecule has 1 N–H and O–H groups in total. The summed E-state index contributed by atoms with van der Waals surface area (Å²) < 4.78 is 13.9. The molecule has 1 saturated heterocycles. The molecule has 1 amide bonds. The van der Waals surface area contributed by atoms with Gasteiger partial charge in [-0.3, -0.25) is 9.78 Å². The van der Waals surface area contributed by atoms with Crippen LogP contribution < -0.4 is 10.2 Å². The normalized spacial score (nSPS) is 14.5. The quantitative estimate of drug-likeness (QED) is 0.640. The number of piperidine rings is 1. The summed E-state index contributed by atoms with van der Waals surface area (Å²) in [5.41, 5.74) is 3.30. The molecule has 152 valence electrons. The molecule has 2 aromatic carbocycles. The SMILES string of the molecule is Cc1c(Cl)cccc1NC(=O)C1CCN(c2c(C#N)cnc3ccc(F)cc23)CC1. The van der Waals surface area contributed by atoms with E-state index in [-0.39, 0.29) is 17.6 Å². The molecule has 0 spiro atoms. The molecule has 1 aliphatic rings. The molecular formula is C23H20ClFN4O. The van der Waals surface area contributed by atoms with Gasteiger partial charge in [0.25, 0.3) is 0 Å². The smallest absolute Gasteiger partial charge is 0.227 e. The first-order valence-corrected chi connectivity index (χ1v) is 10.1. The van der Waals surface area contributed by atoms with Crippen molar-refractivity contribution in [2.75, 3.05) is 23.3 Å². The number of carbonyl (C=O) groups is 1. The molecular weight excluding hydrogens is 403 g/mol. The maximum Gasteiger partial charge on any atom is 0.227 e. The zero-order valence-corrected chi connectivity index (χ0v) is 17.2. The van der Waals surface area contributed by atoms with Gasteiger partial charge in [0.15, 0.2) is 0 Å². The second-order valence-corrected chi connectivity index (χ2v) is 7.86. The highest BCUT2D eigenvalue weighted by atomic mass is 35.5. The minimum absolute atomic E-state index is 0.0360. The van der Waals surface area contributed by atoms with E-state index in [1.54, 1.807) is 12.1 Å². The molecule has 0 unspecified atom stereocenters. The molecule has 0 saturated carbocycles. The minimum Gasteiger partial charge on any atom is -0.370 e. The molecule has 0 bridgehead atoms. The highest BCUT2D eigenvalue weighted by Gasteiger charge is 2.27. The number of aromatic nitrogens is 1. The van der Waals surface area contributed by atoms with Gasteiger partial charge < -0.3 is 10.2 Å². The van der Waals surface area contributed by atoms with Crippen LogP contribution >= 0.6 is 11.6 Å². The van der Waals surface area contributed by atoms with Gasteiger partial charge in [-0.2, -0.15) is 5.26 Å². The van der Waals surface area contributed by atoms with Crippen LogP contribution in [0.2, 0.25) is 5.02 Å². The second-order valence-electron chi connectivity index (χ2n) is 7.46. The van der Waals surface area contributed by atoms with E-state index in [4.69, 9.17) is 11.6 Å². The first-order chi connectivity index (χ1) is 14.5. The van der Waals surface area contributed by atoms with Crippen molar-refractivity contribution in [3.8, 4) is 6.07 Å². The molecule has 3 aromatic rings. The molecule has 1 fully saturated rings. The van der Waals surface area contributed by atoms with Crippen LogP contribution in [0.15, 0.2) is 42.6 Å². The standard InChI is InChI=1S/C23H20ClFN4O/c1-14-19(24)3-2-4-20(14)28-23(30)15-7-9-29(10-8-15)22-16(12-26)13-27-21-6-5-17(25)11-18(21)22/h2-6,11,13,15H,7-10H2,1H3,(H,28,30). The number of amides is 1. The van der Waals surface area contributed by atoms with Crippen molar-refractivity contribution in [3.05, 3.63) is 64.6 Å². The van der Waals surface area contributed by atoms with E-state index in [1.165, 1.54) is 18.3 Å². The van der Waals surface area contributed by atoms with E-state index in [9.17, 15) is 14.4 Å². The average Bonchev–Trinajstić information content (AvgIpc) is 2.76. The Morgan fingerprint density at radius 2 is 2.07 bits per heavy atom. The van der Waals surface area contributed by atoms with Crippen LogP contribution in [0.25, 0.3) is 10.9 Å². The number of pyridine rings is 1. The summed E-state index contributed by atoms with van der Waals surface area (Å²) in [5, 5.41) is 13.8. The average molecular weight is 423 g/mol. The topological polar surface area (TPSA) is 69.0 Å². The van der Waals surface area contributed by atoms with Gasteiger partial charge in [0, 0.05) is 41.3 Å². The van der Waals surface area contributed by atoms with E-state index in [0.29, 0.717) is 53.1 Å². The summed E-state index contributed by atoms with van der Waals surface area (Å²) >= 11 is 6.14. The summed E-state index contributed by atoms with van der Waals surface area (Å²) in [5.74, 6) is -0.548. The van der Waals surface area contributed by atoms with Crippen LogP contribution in [0, 0.1) is 30.0 Å². The Hall–Kier alpha value is -3.17. The number of fused-ring (bicyclic) bond motifs is 1. The summed E-state index contributed by atoms with van der Waals surface area (Å²) in [6, 6.07) is 12.0. The third-order valence-corrected chi connectivity index (χ3v) is 6.04. The Bertz CT molecular complexity index is 1170. The number of rotatable bonds is 3. The summed E-state index contributed by atoms with van der Waals surface area (Å²) in [6.45, 7) is 3.06. The fourth-order valence-corrected chi connectivity index (χ4v) is 4.09. The van der Waals surface area contributed by atoms with Crippen molar-refractivity contribution in [1.29, 1.82) is 5.26 Å². The predicted octanol–water partition coefficient (Wildman–Crippen LogP) is 5.06. The number of hydrogen-bond donors (Lipinski definition) is 1. The number of nitriles is 1. The van der Waals surface area contributed by atoms with Gasteiger partial charge in [-0.15, -0.1) is 0 Å². The summed E-state index contributed by atoms with van der Waals surface area (Å²) in [7, 11) is 0. The monoisotopic (exact) mass is 422 g/mol. The van der Waals surface area contributed by atoms with Crippen LogP contribution in [0.4, 0.5) is 15.8 Å². The Morgan fingerprint density at radius 1 is 1.30 bits per heavy atom. The van der Waals surface area contributed by atoms with E-state index >= 15 is 0 Å². The van der Waals surface area contributed by atoms with Crippen molar-refractivity contribution in [2.24, 2.45) is 5.92 Å². The Labute approximate surface area is 179 Å². The highest BCUT2D eigenvalue weighted by molar-refractivity contribution is 6.31. The lowest BCUT2D eigenvalue weighted by molar-refractivity contribution is -0.120. The lowest BCUT2D eigenvalue weighted by Gasteiger charge is -2.34. The van der Waals surface area contributed by atoms with E-state index in [1.807, 2.05) is 19.1 Å². The van der Waals surface area contributed by atoms with Crippen LogP contribution in [0.3, 0.4) is 0 Å². The molecule has 4 rings (SSSR count). The lowest BCUT2D eigenvalue weighted by Crippen LogP contribution is -2.38. The highest BCUT2D eigenvalue weighted by Crippen LogP contribution is 2.33. The number of anilines is 2. The first kappa shape index (κ1) is 20.1. The number of carbonyl (C=O) groups excluding carboxylic acids is 1. The van der Waals surface area contributed by atoms with E-state index < -0.39 is 0 Å². The number of nitrogens with zero attached hydrogens (tertiary/aromatic N) is 3. The minimum atomic E-state index is -0.369. The van der Waals surface area contributed by atoms with Crippen LogP contribution in [0.1, 0.15) is 24.0 Å². The number of hydrogen-bond acceptors (Lipinski definition) is 4. The zero-order valence-electron chi connectivity index (χ0n) is 16.5. The lowest BCUT2D eigenvalue weighted by atomic mass is 9.94. The van der Waals surface area contributed by atoms with Crippen molar-refractivity contribution in [3.63, 3.8) is 0 Å². The number of halogens is 2. The van der Waals surface area contributed by atoms with Crippen molar-refractivity contribution >= 4 is 39.8 Å². The molecule has 5 nitrogen and oxygen atoms in total. The molecule has 0 radical (unpaired) electrons. The predicted molar refractivity (Wildman–Crippen MR) is 116 cm³/mol. The zero-order chi connectivity index (χ0) is 21.3.